The van der Waals surface area contributed by atoms with Crippen molar-refractivity contribution in [3.63, 3.8) is 0 Å². The standard InChI is InChI=1S/C23H18N4O/c1-3-13-26-19-11-7-5-9-17(19)15-21(26)24-23(28)25-22-16-18-10-6-8-12-20(18)27(22)14-4-2/h1-2,5-12,15-16H,13-14H2,(H2,24,25,28). The van der Waals surface area contributed by atoms with Gasteiger partial charge in [-0.15, -0.1) is 12.8 Å². The first-order chi connectivity index (χ1) is 13.7. The van der Waals surface area contributed by atoms with Crippen molar-refractivity contribution in [1.29, 1.82) is 0 Å². The Morgan fingerprint density at radius 1 is 0.786 bits per heavy atom. The van der Waals surface area contributed by atoms with Gasteiger partial charge in [-0.2, -0.15) is 0 Å². The molecule has 28 heavy (non-hydrogen) atoms. The highest BCUT2D eigenvalue weighted by Crippen LogP contribution is 2.25. The smallest absolute Gasteiger partial charge is 0.316 e. The molecule has 136 valence electrons. The van der Waals surface area contributed by atoms with Gasteiger partial charge in [-0.05, 0) is 24.3 Å². The van der Waals surface area contributed by atoms with Crippen molar-refractivity contribution in [3.8, 4) is 24.7 Å². The molecule has 0 radical (unpaired) electrons. The minimum absolute atomic E-state index is 0.359. The van der Waals surface area contributed by atoms with Crippen LogP contribution in [0.15, 0.2) is 60.7 Å². The Kier molecular flexibility index (Phi) is 4.50. The zero-order chi connectivity index (χ0) is 19.5. The van der Waals surface area contributed by atoms with E-state index in [1.165, 1.54) is 0 Å². The summed E-state index contributed by atoms with van der Waals surface area (Å²) >= 11 is 0. The molecule has 4 rings (SSSR count). The van der Waals surface area contributed by atoms with Crippen LogP contribution in [0, 0.1) is 24.7 Å². The molecule has 0 bridgehead atoms. The Bertz CT molecular complexity index is 1170. The number of aromatic nitrogens is 2. The molecule has 0 unspecified atom stereocenters. The number of urea groups is 1. The second-order valence-corrected chi connectivity index (χ2v) is 6.34. The van der Waals surface area contributed by atoms with Crippen LogP contribution in [0.1, 0.15) is 0 Å². The lowest BCUT2D eigenvalue weighted by molar-refractivity contribution is 0.262. The minimum Gasteiger partial charge on any atom is -0.316 e. The number of hydrogen-bond donors (Lipinski definition) is 2. The maximum Gasteiger partial charge on any atom is 0.325 e. The molecule has 0 saturated carbocycles. The lowest BCUT2D eigenvalue weighted by atomic mass is 10.2. The number of carbonyl (C=O) groups excluding carboxylic acids is 1. The van der Waals surface area contributed by atoms with E-state index >= 15 is 0 Å². The average Bonchev–Trinajstić information content (AvgIpc) is 3.21. The molecule has 0 fully saturated rings. The molecule has 2 aromatic heterocycles. The molecular weight excluding hydrogens is 348 g/mol. The topological polar surface area (TPSA) is 51.0 Å². The highest BCUT2D eigenvalue weighted by atomic mass is 16.2. The maximum atomic E-state index is 12.7. The largest absolute Gasteiger partial charge is 0.325 e. The predicted octanol–water partition coefficient (Wildman–Crippen LogP) is 4.51. The molecule has 5 heteroatoms. The number of para-hydroxylation sites is 2. The molecule has 0 aliphatic heterocycles. The van der Waals surface area contributed by atoms with Gasteiger partial charge in [-0.3, -0.25) is 10.6 Å². The third kappa shape index (κ3) is 3.06. The van der Waals surface area contributed by atoms with Crippen LogP contribution < -0.4 is 10.6 Å². The number of terminal acetylenes is 2. The number of anilines is 2. The summed E-state index contributed by atoms with van der Waals surface area (Å²) < 4.78 is 3.79. The maximum absolute atomic E-state index is 12.7. The van der Waals surface area contributed by atoms with Gasteiger partial charge in [-0.1, -0.05) is 48.2 Å². The highest BCUT2D eigenvalue weighted by molar-refractivity contribution is 6.02. The molecule has 0 aliphatic carbocycles. The molecule has 2 aromatic carbocycles. The summed E-state index contributed by atoms with van der Waals surface area (Å²) in [5.41, 5.74) is 1.94. The minimum atomic E-state index is -0.359. The van der Waals surface area contributed by atoms with E-state index in [2.05, 4.69) is 22.5 Å². The molecule has 2 amide bonds. The Hall–Kier alpha value is -4.09. The summed E-state index contributed by atoms with van der Waals surface area (Å²) in [6.07, 6.45) is 11.0. The zero-order valence-corrected chi connectivity index (χ0v) is 15.1. The van der Waals surface area contributed by atoms with Crippen LogP contribution in [0.3, 0.4) is 0 Å². The molecule has 0 atom stereocenters. The van der Waals surface area contributed by atoms with Gasteiger partial charge in [0, 0.05) is 10.8 Å². The van der Waals surface area contributed by atoms with Crippen molar-refractivity contribution in [1.82, 2.24) is 9.13 Å². The van der Waals surface area contributed by atoms with Crippen LogP contribution in [0.25, 0.3) is 21.8 Å². The molecule has 4 aromatic rings. The number of carbonyl (C=O) groups is 1. The van der Waals surface area contributed by atoms with Crippen LogP contribution >= 0.6 is 0 Å². The lowest BCUT2D eigenvalue weighted by Crippen LogP contribution is -2.22. The number of fused-ring (bicyclic) bond motifs is 2. The Morgan fingerprint density at radius 2 is 1.21 bits per heavy atom. The third-order valence-electron chi connectivity index (χ3n) is 4.60. The van der Waals surface area contributed by atoms with Gasteiger partial charge in [0.15, 0.2) is 0 Å². The van der Waals surface area contributed by atoms with E-state index < -0.39 is 0 Å². The quantitative estimate of drug-likeness (QED) is 0.513. The molecule has 2 N–H and O–H groups in total. The van der Waals surface area contributed by atoms with E-state index in [0.717, 1.165) is 21.8 Å². The van der Waals surface area contributed by atoms with Gasteiger partial charge in [0.05, 0.1) is 24.1 Å². The first-order valence-corrected chi connectivity index (χ1v) is 8.82. The van der Waals surface area contributed by atoms with Crippen molar-refractivity contribution < 1.29 is 4.79 Å². The number of hydrogen-bond acceptors (Lipinski definition) is 1. The van der Waals surface area contributed by atoms with Crippen molar-refractivity contribution in [2.45, 2.75) is 13.1 Å². The van der Waals surface area contributed by atoms with E-state index in [1.807, 2.05) is 69.8 Å². The summed E-state index contributed by atoms with van der Waals surface area (Å²) in [4.78, 5) is 12.7. The number of nitrogens with zero attached hydrogens (tertiary/aromatic N) is 2. The van der Waals surface area contributed by atoms with Crippen LogP contribution in [0.4, 0.5) is 16.4 Å². The number of nitrogens with one attached hydrogen (secondary N) is 2. The van der Waals surface area contributed by atoms with Gasteiger partial charge in [0.25, 0.3) is 0 Å². The fourth-order valence-electron chi connectivity index (χ4n) is 3.42. The van der Waals surface area contributed by atoms with Gasteiger partial charge < -0.3 is 9.13 Å². The van der Waals surface area contributed by atoms with Gasteiger partial charge in [-0.25, -0.2) is 4.79 Å². The number of amides is 2. The SMILES string of the molecule is C#CCn1c(NC(=O)Nc2cc3ccccc3n2CC#C)cc2ccccc21. The van der Waals surface area contributed by atoms with Crippen LogP contribution in [0.5, 0.6) is 0 Å². The van der Waals surface area contributed by atoms with Crippen molar-refractivity contribution in [3.05, 3.63) is 60.7 Å². The summed E-state index contributed by atoms with van der Waals surface area (Å²) in [7, 11) is 0. The van der Waals surface area contributed by atoms with E-state index in [0.29, 0.717) is 24.7 Å². The monoisotopic (exact) mass is 366 g/mol. The first-order valence-electron chi connectivity index (χ1n) is 8.82. The molecule has 0 spiro atoms. The molecule has 5 nitrogen and oxygen atoms in total. The summed E-state index contributed by atoms with van der Waals surface area (Å²) in [5.74, 6) is 6.54. The second-order valence-electron chi connectivity index (χ2n) is 6.34. The number of rotatable bonds is 4. The summed E-state index contributed by atoms with van der Waals surface area (Å²) in [5, 5.41) is 7.82. The molecule has 0 saturated heterocycles. The number of benzene rings is 2. The normalized spacial score (nSPS) is 10.5. The van der Waals surface area contributed by atoms with E-state index in [9.17, 15) is 4.79 Å². The third-order valence-corrected chi connectivity index (χ3v) is 4.60. The predicted molar refractivity (Wildman–Crippen MR) is 114 cm³/mol. The Morgan fingerprint density at radius 3 is 1.64 bits per heavy atom. The Labute approximate surface area is 163 Å². The fraction of sp³-hybridized carbons (Fsp3) is 0.0870. The van der Waals surface area contributed by atoms with Gasteiger partial charge in [0.2, 0.25) is 0 Å². The van der Waals surface area contributed by atoms with Crippen molar-refractivity contribution >= 4 is 39.5 Å². The fourth-order valence-corrected chi connectivity index (χ4v) is 3.42. The zero-order valence-electron chi connectivity index (χ0n) is 15.1. The molecule has 0 aliphatic rings. The summed E-state index contributed by atoms with van der Waals surface area (Å²) in [6, 6.07) is 19.1. The molecule has 2 heterocycles. The van der Waals surface area contributed by atoms with Gasteiger partial charge >= 0.3 is 6.03 Å². The van der Waals surface area contributed by atoms with Gasteiger partial charge in [0.1, 0.15) is 11.6 Å². The van der Waals surface area contributed by atoms with Crippen molar-refractivity contribution in [2.24, 2.45) is 0 Å². The first kappa shape index (κ1) is 17.3. The van der Waals surface area contributed by atoms with Crippen LogP contribution in [-0.2, 0) is 13.1 Å². The molecular formula is C23H18N4O. The lowest BCUT2D eigenvalue weighted by Gasteiger charge is -2.12. The van der Waals surface area contributed by atoms with Crippen molar-refractivity contribution in [2.75, 3.05) is 10.6 Å². The average molecular weight is 366 g/mol. The van der Waals surface area contributed by atoms with E-state index in [1.54, 1.807) is 0 Å². The van der Waals surface area contributed by atoms with Crippen LogP contribution in [-0.4, -0.2) is 15.2 Å². The highest BCUT2D eigenvalue weighted by Gasteiger charge is 2.14. The van der Waals surface area contributed by atoms with E-state index in [-0.39, 0.29) is 6.03 Å². The summed E-state index contributed by atoms with van der Waals surface area (Å²) in [6.45, 7) is 0.723. The Balaban J connectivity index is 1.64. The van der Waals surface area contributed by atoms with Crippen LogP contribution in [0.2, 0.25) is 0 Å². The van der Waals surface area contributed by atoms with E-state index in [4.69, 9.17) is 12.8 Å². The second kappa shape index (κ2) is 7.26.